The fourth-order valence-electron chi connectivity index (χ4n) is 2.85. The normalized spacial score (nSPS) is 14.7. The number of thioether (sulfide) groups is 1. The highest BCUT2D eigenvalue weighted by molar-refractivity contribution is 7.98. The minimum Gasteiger partial charge on any atom is -0.354 e. The Balaban J connectivity index is 1.97. The van der Waals surface area contributed by atoms with Gasteiger partial charge in [-0.05, 0) is 56.6 Å². The number of carbonyl (C=O) groups is 1. The number of amides is 1. The topological polar surface area (TPSA) is 66.5 Å². The summed E-state index contributed by atoms with van der Waals surface area (Å²) in [6.45, 7) is 0.350. The Morgan fingerprint density at radius 3 is 2.76 bits per heavy atom. The van der Waals surface area contributed by atoms with Crippen molar-refractivity contribution in [2.75, 3.05) is 29.9 Å². The van der Waals surface area contributed by atoms with E-state index >= 15 is 0 Å². The number of hydrogen-bond donors (Lipinski definition) is 1. The third-order valence-corrected chi connectivity index (χ3v) is 6.05. The molecule has 138 valence electrons. The molecule has 0 fully saturated rings. The van der Waals surface area contributed by atoms with Crippen LogP contribution in [0.1, 0.15) is 32.1 Å². The summed E-state index contributed by atoms with van der Waals surface area (Å²) in [6.07, 6.45) is 10.8. The third-order valence-electron chi connectivity index (χ3n) is 4.18. The molecule has 0 bridgehead atoms. The van der Waals surface area contributed by atoms with E-state index in [-0.39, 0.29) is 12.5 Å². The Kier molecular flexibility index (Phi) is 7.38. The molecule has 0 aliphatic heterocycles. The zero-order valence-electron chi connectivity index (χ0n) is 14.8. The number of allylic oxidation sites excluding steroid dienone is 1. The second-order valence-electron chi connectivity index (χ2n) is 6.18. The van der Waals surface area contributed by atoms with Gasteiger partial charge in [-0.3, -0.25) is 9.10 Å². The van der Waals surface area contributed by atoms with Crippen molar-refractivity contribution in [1.82, 2.24) is 5.32 Å². The summed E-state index contributed by atoms with van der Waals surface area (Å²) in [5.74, 6) is -0.281. The molecule has 0 aromatic heterocycles. The van der Waals surface area contributed by atoms with Crippen molar-refractivity contribution >= 4 is 33.4 Å². The minimum absolute atomic E-state index is 0.199. The van der Waals surface area contributed by atoms with Crippen molar-refractivity contribution in [3.05, 3.63) is 35.9 Å². The van der Waals surface area contributed by atoms with E-state index in [1.165, 1.54) is 30.2 Å². The van der Waals surface area contributed by atoms with Crippen LogP contribution in [0.3, 0.4) is 0 Å². The van der Waals surface area contributed by atoms with Crippen LogP contribution in [-0.4, -0.2) is 39.9 Å². The molecule has 0 heterocycles. The molecular weight excluding hydrogens is 356 g/mol. The smallest absolute Gasteiger partial charge is 0.240 e. The molecule has 0 saturated heterocycles. The van der Waals surface area contributed by atoms with Crippen LogP contribution < -0.4 is 9.62 Å². The van der Waals surface area contributed by atoms with Crippen LogP contribution in [0.5, 0.6) is 0 Å². The van der Waals surface area contributed by atoms with E-state index in [9.17, 15) is 13.2 Å². The van der Waals surface area contributed by atoms with Crippen molar-refractivity contribution in [3.63, 3.8) is 0 Å². The van der Waals surface area contributed by atoms with Crippen LogP contribution in [-0.2, 0) is 14.8 Å². The molecule has 0 spiro atoms. The van der Waals surface area contributed by atoms with E-state index in [0.717, 1.165) is 34.7 Å². The largest absolute Gasteiger partial charge is 0.354 e. The fourth-order valence-corrected chi connectivity index (χ4v) is 4.15. The number of hydrogen-bond acceptors (Lipinski definition) is 4. The quantitative estimate of drug-likeness (QED) is 0.554. The molecule has 0 saturated carbocycles. The summed E-state index contributed by atoms with van der Waals surface area (Å²) in [4.78, 5) is 13.2. The molecule has 1 N–H and O–H groups in total. The lowest BCUT2D eigenvalue weighted by Crippen LogP contribution is -2.40. The Bertz CT molecular complexity index is 730. The van der Waals surface area contributed by atoms with Crippen LogP contribution in [0.25, 0.3) is 0 Å². The Morgan fingerprint density at radius 1 is 1.32 bits per heavy atom. The van der Waals surface area contributed by atoms with Crippen molar-refractivity contribution < 1.29 is 13.2 Å². The van der Waals surface area contributed by atoms with Gasteiger partial charge in [0.05, 0.1) is 11.9 Å². The molecule has 1 aliphatic carbocycles. The number of nitrogens with one attached hydrogen (secondary N) is 1. The lowest BCUT2D eigenvalue weighted by atomic mass is 9.97. The molecule has 1 aliphatic rings. The van der Waals surface area contributed by atoms with Crippen LogP contribution >= 0.6 is 11.8 Å². The van der Waals surface area contributed by atoms with Gasteiger partial charge in [-0.2, -0.15) is 0 Å². The van der Waals surface area contributed by atoms with Crippen LogP contribution in [0.4, 0.5) is 5.69 Å². The molecule has 0 unspecified atom stereocenters. The summed E-state index contributed by atoms with van der Waals surface area (Å²) in [6, 6.07) is 7.20. The maximum Gasteiger partial charge on any atom is 0.240 e. The summed E-state index contributed by atoms with van der Waals surface area (Å²) in [7, 11) is -3.53. The third kappa shape index (κ3) is 6.40. The monoisotopic (exact) mass is 382 g/mol. The highest BCUT2D eigenvalue weighted by Crippen LogP contribution is 2.24. The van der Waals surface area contributed by atoms with E-state index in [2.05, 4.69) is 11.4 Å². The zero-order valence-corrected chi connectivity index (χ0v) is 16.5. The molecule has 0 atom stereocenters. The fraction of sp³-hybridized carbons (Fsp3) is 0.500. The second-order valence-corrected chi connectivity index (χ2v) is 8.97. The number of sulfonamides is 1. The lowest BCUT2D eigenvalue weighted by molar-refractivity contribution is -0.119. The van der Waals surface area contributed by atoms with E-state index in [0.29, 0.717) is 12.2 Å². The Labute approximate surface area is 154 Å². The van der Waals surface area contributed by atoms with Gasteiger partial charge in [-0.25, -0.2) is 8.42 Å². The van der Waals surface area contributed by atoms with Crippen molar-refractivity contribution in [2.45, 2.75) is 37.0 Å². The highest BCUT2D eigenvalue weighted by Gasteiger charge is 2.21. The SMILES string of the molecule is CSc1cccc(N(CC(=O)NCCC2=CCCCC2)S(C)(=O)=O)c1. The van der Waals surface area contributed by atoms with Crippen LogP contribution in [0.2, 0.25) is 0 Å². The van der Waals surface area contributed by atoms with E-state index in [4.69, 9.17) is 0 Å². The van der Waals surface area contributed by atoms with Gasteiger partial charge in [0.1, 0.15) is 6.54 Å². The first-order valence-corrected chi connectivity index (χ1v) is 11.5. The summed E-state index contributed by atoms with van der Waals surface area (Å²) in [5.41, 5.74) is 1.90. The number of carbonyl (C=O) groups excluding carboxylic acids is 1. The standard InChI is InChI=1S/C18H26N2O3S2/c1-24-17-10-6-9-16(13-17)20(25(2,22)23)14-18(21)19-12-11-15-7-4-3-5-8-15/h6-7,9-10,13H,3-5,8,11-12,14H2,1-2H3,(H,19,21). The molecule has 2 rings (SSSR count). The predicted molar refractivity (Wildman–Crippen MR) is 105 cm³/mol. The van der Waals surface area contributed by atoms with Gasteiger partial charge in [-0.15, -0.1) is 11.8 Å². The summed E-state index contributed by atoms with van der Waals surface area (Å²) in [5, 5.41) is 2.84. The van der Waals surface area contributed by atoms with Gasteiger partial charge < -0.3 is 5.32 Å². The first-order valence-electron chi connectivity index (χ1n) is 8.46. The molecule has 25 heavy (non-hydrogen) atoms. The molecule has 5 nitrogen and oxygen atoms in total. The first-order chi connectivity index (χ1) is 11.9. The highest BCUT2D eigenvalue weighted by atomic mass is 32.2. The molecule has 0 radical (unpaired) electrons. The predicted octanol–water partition coefficient (Wildman–Crippen LogP) is 3.18. The van der Waals surface area contributed by atoms with Gasteiger partial charge in [0.2, 0.25) is 15.9 Å². The number of anilines is 1. The number of benzene rings is 1. The van der Waals surface area contributed by atoms with Gasteiger partial charge in [-0.1, -0.05) is 17.7 Å². The average molecular weight is 383 g/mol. The Morgan fingerprint density at radius 2 is 2.12 bits per heavy atom. The van der Waals surface area contributed by atoms with E-state index in [1.54, 1.807) is 18.2 Å². The molecular formula is C18H26N2O3S2. The number of nitrogens with zero attached hydrogens (tertiary/aromatic N) is 1. The summed E-state index contributed by atoms with van der Waals surface area (Å²) < 4.78 is 25.4. The van der Waals surface area contributed by atoms with Crippen LogP contribution in [0.15, 0.2) is 40.8 Å². The van der Waals surface area contributed by atoms with Crippen molar-refractivity contribution in [1.29, 1.82) is 0 Å². The Hall–Kier alpha value is -1.47. The molecule has 1 aromatic carbocycles. The average Bonchev–Trinajstić information content (AvgIpc) is 2.59. The molecule has 7 heteroatoms. The lowest BCUT2D eigenvalue weighted by Gasteiger charge is -2.22. The second kappa shape index (κ2) is 9.29. The zero-order chi connectivity index (χ0) is 18.3. The van der Waals surface area contributed by atoms with E-state index < -0.39 is 10.0 Å². The van der Waals surface area contributed by atoms with Crippen molar-refractivity contribution in [3.8, 4) is 0 Å². The molecule has 1 amide bonds. The van der Waals surface area contributed by atoms with Crippen molar-refractivity contribution in [2.24, 2.45) is 0 Å². The van der Waals surface area contributed by atoms with E-state index in [1.807, 2.05) is 12.3 Å². The maximum absolute atomic E-state index is 12.2. The maximum atomic E-state index is 12.2. The summed E-state index contributed by atoms with van der Waals surface area (Å²) >= 11 is 1.53. The first kappa shape index (κ1) is 19.8. The van der Waals surface area contributed by atoms with Gasteiger partial charge >= 0.3 is 0 Å². The van der Waals surface area contributed by atoms with Gasteiger partial charge in [0, 0.05) is 11.4 Å². The van der Waals surface area contributed by atoms with Gasteiger partial charge in [0.25, 0.3) is 0 Å². The minimum atomic E-state index is -3.53. The number of rotatable bonds is 8. The van der Waals surface area contributed by atoms with Gasteiger partial charge in [0.15, 0.2) is 0 Å². The molecule has 1 aromatic rings. The van der Waals surface area contributed by atoms with Crippen LogP contribution in [0, 0.1) is 0 Å².